The standard InChI is InChI=1S/C12H18N2O2S/c13-11-2-1-3-12-10(11)4-6-14(12)9-5-7-17(15,16)8-9/h4,6,9,11H,1-3,5,7-8,13H2. The van der Waals surface area contributed by atoms with Gasteiger partial charge in [0.1, 0.15) is 0 Å². The number of fused-ring (bicyclic) bond motifs is 1. The number of rotatable bonds is 1. The minimum atomic E-state index is -2.81. The number of nitrogens with zero attached hydrogens (tertiary/aromatic N) is 1. The molecule has 4 nitrogen and oxygen atoms in total. The van der Waals surface area contributed by atoms with Crippen LogP contribution in [0.25, 0.3) is 0 Å². The normalized spacial score (nSPS) is 31.4. The van der Waals surface area contributed by atoms with Gasteiger partial charge in [0, 0.05) is 24.0 Å². The van der Waals surface area contributed by atoms with Crippen LogP contribution in [0.1, 0.15) is 42.6 Å². The van der Waals surface area contributed by atoms with Crippen LogP contribution in [0.4, 0.5) is 0 Å². The molecule has 17 heavy (non-hydrogen) atoms. The molecule has 0 aromatic carbocycles. The Bertz CT molecular complexity index is 533. The van der Waals surface area contributed by atoms with Crippen molar-refractivity contribution in [1.82, 2.24) is 4.57 Å². The van der Waals surface area contributed by atoms with Gasteiger partial charge in [-0.2, -0.15) is 0 Å². The summed E-state index contributed by atoms with van der Waals surface area (Å²) < 4.78 is 25.2. The summed E-state index contributed by atoms with van der Waals surface area (Å²) in [6.07, 6.45) is 5.96. The molecule has 0 spiro atoms. The Morgan fingerprint density at radius 1 is 1.35 bits per heavy atom. The minimum absolute atomic E-state index is 0.133. The van der Waals surface area contributed by atoms with E-state index in [1.165, 1.54) is 11.3 Å². The Kier molecular flexibility index (Phi) is 2.56. The first-order chi connectivity index (χ1) is 8.07. The van der Waals surface area contributed by atoms with Crippen LogP contribution in [-0.2, 0) is 16.3 Å². The fourth-order valence-corrected chi connectivity index (χ4v) is 4.80. The summed E-state index contributed by atoms with van der Waals surface area (Å²) in [5.74, 6) is 0.625. The van der Waals surface area contributed by atoms with Gasteiger partial charge in [-0.1, -0.05) is 0 Å². The Morgan fingerprint density at radius 3 is 2.88 bits per heavy atom. The molecule has 5 heteroatoms. The van der Waals surface area contributed by atoms with Gasteiger partial charge in [-0.05, 0) is 37.3 Å². The molecule has 1 aliphatic carbocycles. The zero-order valence-electron chi connectivity index (χ0n) is 9.80. The summed E-state index contributed by atoms with van der Waals surface area (Å²) in [5, 5.41) is 0. The summed E-state index contributed by atoms with van der Waals surface area (Å²) in [6.45, 7) is 0. The Balaban J connectivity index is 1.95. The van der Waals surface area contributed by atoms with Crippen molar-refractivity contribution in [3.8, 4) is 0 Å². The zero-order valence-corrected chi connectivity index (χ0v) is 10.6. The maximum Gasteiger partial charge on any atom is 0.152 e. The second kappa shape index (κ2) is 3.85. The van der Waals surface area contributed by atoms with Crippen molar-refractivity contribution < 1.29 is 8.42 Å². The SMILES string of the molecule is NC1CCCc2c1ccn2C1CCS(=O)(=O)C1. The summed E-state index contributed by atoms with van der Waals surface area (Å²) in [7, 11) is -2.81. The first kappa shape index (κ1) is 11.3. The van der Waals surface area contributed by atoms with E-state index in [1.807, 2.05) is 6.20 Å². The number of hydrogen-bond donors (Lipinski definition) is 1. The maximum absolute atomic E-state index is 11.5. The van der Waals surface area contributed by atoms with Crippen LogP contribution < -0.4 is 5.73 Å². The lowest BCUT2D eigenvalue weighted by Crippen LogP contribution is -2.20. The highest BCUT2D eigenvalue weighted by molar-refractivity contribution is 7.91. The van der Waals surface area contributed by atoms with Crippen LogP contribution in [0.15, 0.2) is 12.3 Å². The van der Waals surface area contributed by atoms with Crippen LogP contribution in [-0.4, -0.2) is 24.5 Å². The highest BCUT2D eigenvalue weighted by Crippen LogP contribution is 2.33. The fraction of sp³-hybridized carbons (Fsp3) is 0.667. The van der Waals surface area contributed by atoms with E-state index in [0.717, 1.165) is 25.7 Å². The van der Waals surface area contributed by atoms with Gasteiger partial charge in [-0.25, -0.2) is 8.42 Å². The number of nitrogens with two attached hydrogens (primary N) is 1. The second-order valence-electron chi connectivity index (χ2n) is 5.18. The highest BCUT2D eigenvalue weighted by Gasteiger charge is 2.31. The Morgan fingerprint density at radius 2 is 2.18 bits per heavy atom. The smallest absolute Gasteiger partial charge is 0.152 e. The number of hydrogen-bond acceptors (Lipinski definition) is 3. The fourth-order valence-electron chi connectivity index (χ4n) is 3.09. The van der Waals surface area contributed by atoms with Crippen molar-refractivity contribution in [2.75, 3.05) is 11.5 Å². The van der Waals surface area contributed by atoms with Crippen molar-refractivity contribution in [2.45, 2.75) is 37.8 Å². The van der Waals surface area contributed by atoms with E-state index in [2.05, 4.69) is 10.6 Å². The molecule has 1 saturated heterocycles. The van der Waals surface area contributed by atoms with E-state index in [9.17, 15) is 8.42 Å². The van der Waals surface area contributed by atoms with Crippen LogP contribution in [0.3, 0.4) is 0 Å². The van der Waals surface area contributed by atoms with Crippen molar-refractivity contribution in [3.05, 3.63) is 23.5 Å². The van der Waals surface area contributed by atoms with E-state index in [0.29, 0.717) is 11.5 Å². The van der Waals surface area contributed by atoms with E-state index < -0.39 is 9.84 Å². The van der Waals surface area contributed by atoms with E-state index in [-0.39, 0.29) is 12.1 Å². The Hall–Kier alpha value is -0.810. The predicted molar refractivity (Wildman–Crippen MR) is 66.6 cm³/mol. The molecule has 2 heterocycles. The third-order valence-electron chi connectivity index (χ3n) is 3.99. The molecule has 0 saturated carbocycles. The lowest BCUT2D eigenvalue weighted by Gasteiger charge is -2.23. The molecule has 2 N–H and O–H groups in total. The number of sulfone groups is 1. The molecule has 2 aliphatic rings. The molecule has 2 unspecified atom stereocenters. The third-order valence-corrected chi connectivity index (χ3v) is 5.74. The molecule has 0 bridgehead atoms. The van der Waals surface area contributed by atoms with Crippen molar-refractivity contribution >= 4 is 9.84 Å². The molecule has 0 amide bonds. The van der Waals surface area contributed by atoms with Gasteiger partial charge in [0.2, 0.25) is 0 Å². The summed E-state index contributed by atoms with van der Waals surface area (Å²) in [5.41, 5.74) is 8.57. The second-order valence-corrected chi connectivity index (χ2v) is 7.41. The minimum Gasteiger partial charge on any atom is -0.347 e. The van der Waals surface area contributed by atoms with Gasteiger partial charge >= 0.3 is 0 Å². The van der Waals surface area contributed by atoms with E-state index in [1.54, 1.807) is 0 Å². The molecular formula is C12H18N2O2S. The summed E-state index contributed by atoms with van der Waals surface area (Å²) >= 11 is 0. The van der Waals surface area contributed by atoms with Crippen LogP contribution in [0, 0.1) is 0 Å². The summed E-state index contributed by atoms with van der Waals surface area (Å²) in [6, 6.07) is 2.34. The van der Waals surface area contributed by atoms with Crippen molar-refractivity contribution in [1.29, 1.82) is 0 Å². The van der Waals surface area contributed by atoms with Gasteiger partial charge in [0.05, 0.1) is 11.5 Å². The number of aromatic nitrogens is 1. The molecule has 94 valence electrons. The Labute approximate surface area is 102 Å². The molecule has 3 rings (SSSR count). The van der Waals surface area contributed by atoms with Gasteiger partial charge in [0.15, 0.2) is 9.84 Å². The van der Waals surface area contributed by atoms with Crippen molar-refractivity contribution in [3.63, 3.8) is 0 Å². The summed E-state index contributed by atoms with van der Waals surface area (Å²) in [4.78, 5) is 0. The largest absolute Gasteiger partial charge is 0.347 e. The first-order valence-corrected chi connectivity index (χ1v) is 8.04. The lowest BCUT2D eigenvalue weighted by atomic mass is 9.93. The average Bonchev–Trinajstić information content (AvgIpc) is 2.82. The van der Waals surface area contributed by atoms with Crippen LogP contribution in [0.5, 0.6) is 0 Å². The average molecular weight is 254 g/mol. The van der Waals surface area contributed by atoms with Crippen LogP contribution in [0.2, 0.25) is 0 Å². The first-order valence-electron chi connectivity index (χ1n) is 6.22. The van der Waals surface area contributed by atoms with Gasteiger partial charge in [-0.15, -0.1) is 0 Å². The van der Waals surface area contributed by atoms with Gasteiger partial charge < -0.3 is 10.3 Å². The lowest BCUT2D eigenvalue weighted by molar-refractivity contribution is 0.497. The zero-order chi connectivity index (χ0) is 12.0. The van der Waals surface area contributed by atoms with E-state index in [4.69, 9.17) is 5.73 Å². The molecule has 1 aromatic rings. The quantitative estimate of drug-likeness (QED) is 0.818. The molecular weight excluding hydrogens is 236 g/mol. The molecule has 1 aliphatic heterocycles. The molecule has 0 radical (unpaired) electrons. The van der Waals surface area contributed by atoms with E-state index >= 15 is 0 Å². The topological polar surface area (TPSA) is 65.1 Å². The third kappa shape index (κ3) is 1.91. The highest BCUT2D eigenvalue weighted by atomic mass is 32.2. The van der Waals surface area contributed by atoms with Crippen LogP contribution >= 0.6 is 0 Å². The van der Waals surface area contributed by atoms with Crippen molar-refractivity contribution in [2.24, 2.45) is 5.73 Å². The monoisotopic (exact) mass is 254 g/mol. The molecule has 1 aromatic heterocycles. The maximum atomic E-state index is 11.5. The van der Waals surface area contributed by atoms with Gasteiger partial charge in [-0.3, -0.25) is 0 Å². The van der Waals surface area contributed by atoms with Gasteiger partial charge in [0.25, 0.3) is 0 Å². The molecule has 2 atom stereocenters. The predicted octanol–water partition coefficient (Wildman–Crippen LogP) is 1.18. The molecule has 1 fully saturated rings.